The molecule has 0 aliphatic heterocycles. The average Bonchev–Trinajstić information content (AvgIpc) is 2.49. The van der Waals surface area contributed by atoms with Crippen LogP contribution in [-0.2, 0) is 4.43 Å². The highest BCUT2D eigenvalue weighted by molar-refractivity contribution is 7.73. The van der Waals surface area contributed by atoms with Crippen molar-refractivity contribution in [2.45, 2.75) is 26.1 Å². The first-order valence-electron chi connectivity index (χ1n) is 7.64. The Bertz CT molecular complexity index is 488. The van der Waals surface area contributed by atoms with E-state index in [1.54, 1.807) is 0 Å². The molecule has 1 nitrogen and oxygen atoms in total. The lowest BCUT2D eigenvalue weighted by atomic mass is 10.4. The van der Waals surface area contributed by atoms with E-state index in [9.17, 15) is 0 Å². The van der Waals surface area contributed by atoms with Crippen LogP contribution in [0.5, 0.6) is 0 Å². The molecule has 0 spiro atoms. The average molecular weight is 316 g/mol. The highest BCUT2D eigenvalue weighted by Gasteiger charge is 2.24. The van der Waals surface area contributed by atoms with Crippen molar-refractivity contribution in [1.82, 2.24) is 0 Å². The predicted molar refractivity (Wildman–Crippen MR) is 97.9 cm³/mol. The molecular weight excluding hydrogens is 291 g/mol. The van der Waals surface area contributed by atoms with Gasteiger partial charge in [0.05, 0.1) is 0 Å². The normalized spacial score (nSPS) is 11.8. The van der Waals surface area contributed by atoms with Gasteiger partial charge < -0.3 is 4.43 Å². The van der Waals surface area contributed by atoms with Crippen LogP contribution >= 0.6 is 7.92 Å². The fourth-order valence-electron chi connectivity index (χ4n) is 2.47. The molecule has 0 N–H and O–H groups in total. The molecule has 0 saturated carbocycles. The molecule has 2 aromatic rings. The Kier molecular flexibility index (Phi) is 6.17. The van der Waals surface area contributed by atoms with Crippen molar-refractivity contribution in [3.63, 3.8) is 0 Å². The lowest BCUT2D eigenvalue weighted by Crippen LogP contribution is -2.32. The first kappa shape index (κ1) is 16.4. The van der Waals surface area contributed by atoms with Crippen molar-refractivity contribution < 1.29 is 4.43 Å². The van der Waals surface area contributed by atoms with Crippen molar-refractivity contribution >= 4 is 26.8 Å². The van der Waals surface area contributed by atoms with Gasteiger partial charge in [-0.05, 0) is 50.8 Å². The summed E-state index contributed by atoms with van der Waals surface area (Å²) in [7, 11) is -1.79. The summed E-state index contributed by atoms with van der Waals surface area (Å²) in [4.78, 5) is 0. The zero-order valence-electron chi connectivity index (χ0n) is 13.3. The van der Waals surface area contributed by atoms with E-state index in [0.717, 1.165) is 6.61 Å². The minimum absolute atomic E-state index is 0.271. The van der Waals surface area contributed by atoms with Crippen LogP contribution in [0.3, 0.4) is 0 Å². The molecule has 0 fully saturated rings. The second-order valence-electron chi connectivity index (χ2n) is 5.77. The first-order valence-corrected chi connectivity index (χ1v) is 12.3. The topological polar surface area (TPSA) is 9.23 Å². The molecule has 0 radical (unpaired) electrons. The fraction of sp³-hybridized carbons (Fsp3) is 0.333. The smallest absolute Gasteiger partial charge is 0.187 e. The molecule has 0 unspecified atom stereocenters. The van der Waals surface area contributed by atoms with Gasteiger partial charge in [0, 0.05) is 6.61 Å². The van der Waals surface area contributed by atoms with Crippen LogP contribution in [-0.4, -0.2) is 21.1 Å². The van der Waals surface area contributed by atoms with Gasteiger partial charge in [0.2, 0.25) is 0 Å². The third-order valence-electron chi connectivity index (χ3n) is 3.61. The molecule has 0 aromatic heterocycles. The molecule has 21 heavy (non-hydrogen) atoms. The van der Waals surface area contributed by atoms with Crippen LogP contribution in [0.1, 0.15) is 6.92 Å². The molecule has 0 saturated heterocycles. The van der Waals surface area contributed by atoms with Gasteiger partial charge in [0.25, 0.3) is 0 Å². The monoisotopic (exact) mass is 316 g/mol. The Labute approximate surface area is 131 Å². The second kappa shape index (κ2) is 7.89. The Balaban J connectivity index is 2.18. The minimum Gasteiger partial charge on any atom is -0.418 e. The van der Waals surface area contributed by atoms with E-state index >= 15 is 0 Å². The first-order chi connectivity index (χ1) is 10.1. The standard InChI is InChI=1S/C18H25OPSi/c1-4-19-21(2,3)16-15-20(17-11-7-5-8-12-17)18-13-9-6-10-14-18/h5-14H,4,15-16H2,1-3H3. The quantitative estimate of drug-likeness (QED) is 0.545. The largest absolute Gasteiger partial charge is 0.418 e. The van der Waals surface area contributed by atoms with Crippen LogP contribution in [0, 0.1) is 0 Å². The summed E-state index contributed by atoms with van der Waals surface area (Å²) >= 11 is 0. The fourth-order valence-corrected chi connectivity index (χ4v) is 8.32. The number of hydrogen-bond acceptors (Lipinski definition) is 1. The summed E-state index contributed by atoms with van der Waals surface area (Å²) in [6.07, 6.45) is 1.22. The molecule has 2 rings (SSSR count). The Hall–Kier alpha value is -0.953. The van der Waals surface area contributed by atoms with Gasteiger partial charge in [-0.1, -0.05) is 60.7 Å². The number of benzene rings is 2. The van der Waals surface area contributed by atoms with E-state index in [2.05, 4.69) is 80.7 Å². The third-order valence-corrected chi connectivity index (χ3v) is 9.07. The van der Waals surface area contributed by atoms with E-state index < -0.39 is 8.32 Å². The lowest BCUT2D eigenvalue weighted by Gasteiger charge is -2.26. The van der Waals surface area contributed by atoms with E-state index in [0.29, 0.717) is 0 Å². The van der Waals surface area contributed by atoms with Crippen molar-refractivity contribution in [3.05, 3.63) is 60.7 Å². The molecule has 0 aliphatic rings. The highest BCUT2D eigenvalue weighted by Crippen LogP contribution is 2.36. The van der Waals surface area contributed by atoms with Crippen LogP contribution in [0.25, 0.3) is 0 Å². The van der Waals surface area contributed by atoms with E-state index in [1.165, 1.54) is 22.8 Å². The van der Waals surface area contributed by atoms with Gasteiger partial charge in [-0.25, -0.2) is 0 Å². The van der Waals surface area contributed by atoms with E-state index in [1.807, 2.05) is 0 Å². The molecule has 0 heterocycles. The minimum atomic E-state index is -1.52. The zero-order chi connectivity index (χ0) is 15.1. The van der Waals surface area contributed by atoms with Crippen molar-refractivity contribution in [3.8, 4) is 0 Å². The third kappa shape index (κ3) is 5.07. The molecule has 0 amide bonds. The van der Waals surface area contributed by atoms with E-state index in [4.69, 9.17) is 4.43 Å². The van der Waals surface area contributed by atoms with Gasteiger partial charge in [0.15, 0.2) is 8.32 Å². The van der Waals surface area contributed by atoms with Crippen molar-refractivity contribution in [2.75, 3.05) is 12.8 Å². The predicted octanol–water partition coefficient (Wildman–Crippen LogP) is 4.36. The Morgan fingerprint density at radius 2 is 1.33 bits per heavy atom. The summed E-state index contributed by atoms with van der Waals surface area (Å²) in [6, 6.07) is 23.1. The van der Waals surface area contributed by atoms with Gasteiger partial charge in [0.1, 0.15) is 0 Å². The summed E-state index contributed by atoms with van der Waals surface area (Å²) < 4.78 is 6.00. The van der Waals surface area contributed by atoms with Crippen LogP contribution < -0.4 is 10.6 Å². The maximum atomic E-state index is 6.00. The molecule has 0 aliphatic carbocycles. The SMILES string of the molecule is CCO[Si](C)(C)CCP(c1ccccc1)c1ccccc1. The zero-order valence-corrected chi connectivity index (χ0v) is 15.1. The summed E-state index contributed by atoms with van der Waals surface area (Å²) in [5, 5.41) is 2.94. The van der Waals surface area contributed by atoms with Crippen LogP contribution in [0.15, 0.2) is 60.7 Å². The summed E-state index contributed by atoms with van der Waals surface area (Å²) in [5.74, 6) is 0. The van der Waals surface area contributed by atoms with Crippen LogP contribution in [0.2, 0.25) is 19.1 Å². The summed E-state index contributed by atoms with van der Waals surface area (Å²) in [6.45, 7) is 7.61. The van der Waals surface area contributed by atoms with Crippen molar-refractivity contribution in [2.24, 2.45) is 0 Å². The Morgan fingerprint density at radius 3 is 1.76 bits per heavy atom. The Morgan fingerprint density at radius 1 is 0.857 bits per heavy atom. The van der Waals surface area contributed by atoms with Gasteiger partial charge in [-0.2, -0.15) is 0 Å². The lowest BCUT2D eigenvalue weighted by molar-refractivity contribution is 0.330. The molecule has 112 valence electrons. The second-order valence-corrected chi connectivity index (χ2v) is 12.4. The van der Waals surface area contributed by atoms with Gasteiger partial charge in [-0.3, -0.25) is 0 Å². The molecule has 3 heteroatoms. The van der Waals surface area contributed by atoms with Crippen molar-refractivity contribution in [1.29, 1.82) is 0 Å². The maximum Gasteiger partial charge on any atom is 0.187 e. The molecule has 2 aromatic carbocycles. The van der Waals surface area contributed by atoms with Gasteiger partial charge in [-0.15, -0.1) is 0 Å². The highest BCUT2D eigenvalue weighted by atomic mass is 31.1. The molecular formula is C18H25OPSi. The summed E-state index contributed by atoms with van der Waals surface area (Å²) in [5.41, 5.74) is 0. The molecule has 0 bridgehead atoms. The number of rotatable bonds is 7. The van der Waals surface area contributed by atoms with Crippen LogP contribution in [0.4, 0.5) is 0 Å². The number of hydrogen-bond donors (Lipinski definition) is 0. The molecule has 0 atom stereocenters. The van der Waals surface area contributed by atoms with E-state index in [-0.39, 0.29) is 7.92 Å². The maximum absolute atomic E-state index is 6.00. The van der Waals surface area contributed by atoms with Gasteiger partial charge >= 0.3 is 0 Å².